The van der Waals surface area contributed by atoms with E-state index in [4.69, 9.17) is 0 Å². The summed E-state index contributed by atoms with van der Waals surface area (Å²) in [5.74, 6) is -0.0225. The minimum Gasteiger partial charge on any atom is -0.492 e. The Balaban J connectivity index is 2.54. The Labute approximate surface area is 93.8 Å². The minimum absolute atomic E-state index is 0.0225. The van der Waals surface area contributed by atoms with E-state index in [1.165, 1.54) is 0 Å². The molecule has 0 radical (unpaired) electrons. The Bertz CT molecular complexity index is 519. The molecule has 0 spiro atoms. The molecule has 0 aliphatic carbocycles. The van der Waals surface area contributed by atoms with Crippen LogP contribution in [0.3, 0.4) is 0 Å². The Morgan fingerprint density at radius 1 is 1.38 bits per heavy atom. The van der Waals surface area contributed by atoms with Gasteiger partial charge in [-0.1, -0.05) is 6.92 Å². The molecule has 0 bridgehead atoms. The summed E-state index contributed by atoms with van der Waals surface area (Å²) < 4.78 is 1.83. The fourth-order valence-electron chi connectivity index (χ4n) is 1.70. The molecule has 5 heteroatoms. The number of nitrogens with zero attached hydrogens (tertiary/aromatic N) is 4. The van der Waals surface area contributed by atoms with Crippen molar-refractivity contribution in [3.63, 3.8) is 0 Å². The summed E-state index contributed by atoms with van der Waals surface area (Å²) in [5.41, 5.74) is 3.36. The molecule has 0 saturated heterocycles. The molecule has 2 aromatic rings. The molecule has 16 heavy (non-hydrogen) atoms. The van der Waals surface area contributed by atoms with Gasteiger partial charge >= 0.3 is 0 Å². The average molecular weight is 218 g/mol. The van der Waals surface area contributed by atoms with Crippen molar-refractivity contribution >= 4 is 0 Å². The van der Waals surface area contributed by atoms with Gasteiger partial charge in [-0.25, -0.2) is 9.97 Å². The second-order valence-electron chi connectivity index (χ2n) is 3.65. The van der Waals surface area contributed by atoms with Gasteiger partial charge < -0.3 is 5.11 Å². The molecule has 0 aliphatic heterocycles. The maximum atomic E-state index is 9.33. The highest BCUT2D eigenvalue weighted by Crippen LogP contribution is 2.23. The van der Waals surface area contributed by atoms with E-state index in [9.17, 15) is 5.11 Å². The Morgan fingerprint density at radius 3 is 2.75 bits per heavy atom. The van der Waals surface area contributed by atoms with Gasteiger partial charge in [0.15, 0.2) is 0 Å². The molecule has 84 valence electrons. The zero-order valence-electron chi connectivity index (χ0n) is 9.60. The van der Waals surface area contributed by atoms with Gasteiger partial charge in [0.25, 0.3) is 0 Å². The molecule has 0 saturated carbocycles. The first-order chi connectivity index (χ1) is 7.63. The molecular weight excluding hydrogens is 204 g/mol. The predicted octanol–water partition coefficient (Wildman–Crippen LogP) is 1.45. The molecular formula is C11H14N4O. The van der Waals surface area contributed by atoms with Gasteiger partial charge in [-0.05, 0) is 13.3 Å². The number of aromatic nitrogens is 4. The van der Waals surface area contributed by atoms with E-state index >= 15 is 0 Å². The largest absolute Gasteiger partial charge is 0.492 e. The summed E-state index contributed by atoms with van der Waals surface area (Å²) in [6.45, 7) is 3.80. The maximum Gasteiger partial charge on any atom is 0.232 e. The number of aryl methyl sites for hydroxylation is 2. The van der Waals surface area contributed by atoms with Crippen LogP contribution in [-0.4, -0.2) is 24.9 Å². The predicted molar refractivity (Wildman–Crippen MR) is 60.0 cm³/mol. The van der Waals surface area contributed by atoms with E-state index in [1.807, 2.05) is 11.7 Å². The van der Waals surface area contributed by atoms with Crippen LogP contribution in [0.5, 0.6) is 5.88 Å². The molecule has 0 fully saturated rings. The molecule has 0 atom stereocenters. The van der Waals surface area contributed by atoms with Crippen molar-refractivity contribution in [2.75, 3.05) is 0 Å². The van der Waals surface area contributed by atoms with Crippen molar-refractivity contribution in [2.45, 2.75) is 20.3 Å². The van der Waals surface area contributed by atoms with E-state index in [1.54, 1.807) is 19.3 Å². The molecule has 2 aromatic heterocycles. The highest BCUT2D eigenvalue weighted by molar-refractivity contribution is 5.60. The topological polar surface area (TPSA) is 63.8 Å². The Morgan fingerprint density at radius 2 is 2.12 bits per heavy atom. The van der Waals surface area contributed by atoms with Crippen molar-refractivity contribution < 1.29 is 5.11 Å². The maximum absolute atomic E-state index is 9.33. The summed E-state index contributed by atoms with van der Waals surface area (Å²) >= 11 is 0. The molecule has 2 rings (SSSR count). The second-order valence-corrected chi connectivity index (χ2v) is 3.65. The van der Waals surface area contributed by atoms with Crippen LogP contribution in [0.4, 0.5) is 0 Å². The third-order valence-corrected chi connectivity index (χ3v) is 2.59. The van der Waals surface area contributed by atoms with Crippen LogP contribution in [0.25, 0.3) is 11.3 Å². The van der Waals surface area contributed by atoms with Crippen molar-refractivity contribution in [1.82, 2.24) is 19.7 Å². The first-order valence-corrected chi connectivity index (χ1v) is 5.17. The van der Waals surface area contributed by atoms with Crippen LogP contribution in [-0.2, 0) is 13.5 Å². The fourth-order valence-corrected chi connectivity index (χ4v) is 1.70. The van der Waals surface area contributed by atoms with Crippen LogP contribution in [0.2, 0.25) is 0 Å². The fraction of sp³-hybridized carbons (Fsp3) is 0.364. The molecule has 5 nitrogen and oxygen atoms in total. The molecule has 0 amide bonds. The lowest BCUT2D eigenvalue weighted by molar-refractivity contribution is 0.445. The third kappa shape index (κ3) is 1.64. The molecule has 0 aliphatic rings. The van der Waals surface area contributed by atoms with Crippen molar-refractivity contribution in [3.8, 4) is 17.1 Å². The minimum atomic E-state index is -0.0225. The number of aromatic hydroxyl groups is 1. The lowest BCUT2D eigenvalue weighted by Crippen LogP contribution is -1.98. The summed E-state index contributed by atoms with van der Waals surface area (Å²) in [7, 11) is 1.91. The lowest BCUT2D eigenvalue weighted by atomic mass is 10.1. The van der Waals surface area contributed by atoms with Gasteiger partial charge in [-0.2, -0.15) is 5.10 Å². The first-order valence-electron chi connectivity index (χ1n) is 5.17. The van der Waals surface area contributed by atoms with Gasteiger partial charge in [0.2, 0.25) is 5.88 Å². The summed E-state index contributed by atoms with van der Waals surface area (Å²) in [6.07, 6.45) is 4.23. The van der Waals surface area contributed by atoms with E-state index in [0.29, 0.717) is 5.69 Å². The van der Waals surface area contributed by atoms with Crippen molar-refractivity contribution in [2.24, 2.45) is 7.05 Å². The van der Waals surface area contributed by atoms with E-state index in [2.05, 4.69) is 22.0 Å². The molecule has 0 aromatic carbocycles. The highest BCUT2D eigenvalue weighted by Gasteiger charge is 2.11. The number of rotatable bonds is 2. The van der Waals surface area contributed by atoms with Crippen molar-refractivity contribution in [3.05, 3.63) is 23.8 Å². The quantitative estimate of drug-likeness (QED) is 0.828. The van der Waals surface area contributed by atoms with Crippen LogP contribution in [0, 0.1) is 6.92 Å². The van der Waals surface area contributed by atoms with Gasteiger partial charge in [0.1, 0.15) is 0 Å². The standard InChI is InChI=1S/C11H14N4O/c1-4-10-8(5-13-15(10)3)9-6-12-11(16)7(2)14-9/h5-6H,4H2,1-3H3,(H,12,16). The van der Waals surface area contributed by atoms with Gasteiger partial charge in [0, 0.05) is 18.3 Å². The summed E-state index contributed by atoms with van der Waals surface area (Å²) in [6, 6.07) is 0. The van der Waals surface area contributed by atoms with Crippen LogP contribution < -0.4 is 0 Å². The SMILES string of the molecule is CCc1c(-c2cnc(O)c(C)n2)cnn1C. The molecule has 1 N–H and O–H groups in total. The van der Waals surface area contributed by atoms with Gasteiger partial charge in [-0.15, -0.1) is 0 Å². The average Bonchev–Trinajstić information content (AvgIpc) is 2.63. The van der Waals surface area contributed by atoms with Gasteiger partial charge in [0.05, 0.1) is 23.8 Å². The zero-order valence-corrected chi connectivity index (χ0v) is 9.60. The lowest BCUT2D eigenvalue weighted by Gasteiger charge is -2.04. The van der Waals surface area contributed by atoms with Crippen molar-refractivity contribution in [1.29, 1.82) is 0 Å². The molecule has 2 heterocycles. The summed E-state index contributed by atoms with van der Waals surface area (Å²) in [4.78, 5) is 8.19. The monoisotopic (exact) mass is 218 g/mol. The first kappa shape index (κ1) is 10.6. The van der Waals surface area contributed by atoms with E-state index in [-0.39, 0.29) is 5.88 Å². The molecule has 0 unspecified atom stereocenters. The number of hydrogen-bond donors (Lipinski definition) is 1. The zero-order chi connectivity index (χ0) is 11.7. The Kier molecular flexibility index (Phi) is 2.60. The summed E-state index contributed by atoms with van der Waals surface area (Å²) in [5, 5.41) is 13.5. The van der Waals surface area contributed by atoms with E-state index < -0.39 is 0 Å². The smallest absolute Gasteiger partial charge is 0.232 e. The van der Waals surface area contributed by atoms with Crippen LogP contribution in [0.15, 0.2) is 12.4 Å². The number of hydrogen-bond acceptors (Lipinski definition) is 4. The van der Waals surface area contributed by atoms with Crippen LogP contribution in [0.1, 0.15) is 18.3 Å². The highest BCUT2D eigenvalue weighted by atomic mass is 16.3. The van der Waals surface area contributed by atoms with Crippen LogP contribution >= 0.6 is 0 Å². The normalized spacial score (nSPS) is 10.7. The third-order valence-electron chi connectivity index (χ3n) is 2.59. The van der Waals surface area contributed by atoms with Gasteiger partial charge in [-0.3, -0.25) is 4.68 Å². The van der Waals surface area contributed by atoms with E-state index in [0.717, 1.165) is 23.4 Å². The Hall–Kier alpha value is -1.91. The second kappa shape index (κ2) is 3.92.